The Bertz CT molecular complexity index is 221. The third-order valence-corrected chi connectivity index (χ3v) is 5.24. The quantitative estimate of drug-likeness (QED) is 0.670. The van der Waals surface area contributed by atoms with Crippen LogP contribution in [0.5, 0.6) is 0 Å². The lowest BCUT2D eigenvalue weighted by Crippen LogP contribution is -2.37. The van der Waals surface area contributed by atoms with E-state index in [9.17, 15) is 0 Å². The highest BCUT2D eigenvalue weighted by atomic mass is 16.5. The van der Waals surface area contributed by atoms with Gasteiger partial charge >= 0.3 is 0 Å². The van der Waals surface area contributed by atoms with Crippen molar-refractivity contribution < 1.29 is 4.74 Å². The van der Waals surface area contributed by atoms with Crippen molar-refractivity contribution in [1.82, 2.24) is 0 Å². The van der Waals surface area contributed by atoms with Crippen molar-refractivity contribution in [1.29, 1.82) is 0 Å². The van der Waals surface area contributed by atoms with Crippen LogP contribution in [0.15, 0.2) is 0 Å². The van der Waals surface area contributed by atoms with Gasteiger partial charge in [0.15, 0.2) is 0 Å². The Morgan fingerprint density at radius 2 is 2.00 bits per heavy atom. The first-order valence-corrected chi connectivity index (χ1v) is 6.14. The summed E-state index contributed by atoms with van der Waals surface area (Å²) in [6.07, 6.45) is 5.80. The maximum Gasteiger partial charge on any atom is 0.0636 e. The van der Waals surface area contributed by atoms with Crippen LogP contribution in [0.25, 0.3) is 0 Å². The van der Waals surface area contributed by atoms with Crippen LogP contribution in [0.3, 0.4) is 0 Å². The van der Waals surface area contributed by atoms with Crippen molar-refractivity contribution >= 4 is 0 Å². The van der Waals surface area contributed by atoms with Crippen molar-refractivity contribution in [3.05, 3.63) is 0 Å². The van der Waals surface area contributed by atoms with E-state index in [4.69, 9.17) is 4.74 Å². The van der Waals surface area contributed by atoms with E-state index in [2.05, 4.69) is 27.7 Å². The molecule has 1 nitrogen and oxygen atoms in total. The van der Waals surface area contributed by atoms with Gasteiger partial charge in [-0.25, -0.2) is 0 Å². The first kappa shape index (κ1) is 10.5. The molecule has 0 aromatic rings. The van der Waals surface area contributed by atoms with Crippen molar-refractivity contribution in [2.75, 3.05) is 6.61 Å². The molecule has 0 saturated heterocycles. The lowest BCUT2D eigenvalue weighted by molar-refractivity contribution is -0.0461. The number of ether oxygens (including phenoxy) is 1. The van der Waals surface area contributed by atoms with E-state index >= 15 is 0 Å². The zero-order valence-corrected chi connectivity index (χ0v) is 10.1. The topological polar surface area (TPSA) is 9.23 Å². The van der Waals surface area contributed by atoms with Crippen LogP contribution < -0.4 is 0 Å². The fourth-order valence-corrected chi connectivity index (χ4v) is 3.64. The van der Waals surface area contributed by atoms with Crippen LogP contribution in [-0.2, 0) is 4.74 Å². The second-order valence-corrected chi connectivity index (χ2v) is 5.97. The first-order chi connectivity index (χ1) is 6.52. The molecule has 2 saturated carbocycles. The number of rotatable bonds is 3. The van der Waals surface area contributed by atoms with E-state index in [0.717, 1.165) is 18.9 Å². The lowest BCUT2D eigenvalue weighted by atomic mass is 9.70. The molecule has 2 bridgehead atoms. The molecule has 0 aromatic heterocycles. The van der Waals surface area contributed by atoms with Gasteiger partial charge < -0.3 is 4.74 Å². The van der Waals surface area contributed by atoms with Gasteiger partial charge in [0, 0.05) is 6.61 Å². The number of hydrogen-bond donors (Lipinski definition) is 0. The van der Waals surface area contributed by atoms with Crippen LogP contribution in [0, 0.1) is 16.7 Å². The first-order valence-electron chi connectivity index (χ1n) is 6.14. The molecule has 82 valence electrons. The van der Waals surface area contributed by atoms with Gasteiger partial charge in [-0.05, 0) is 42.4 Å². The highest BCUT2D eigenvalue weighted by Crippen LogP contribution is 2.66. The normalized spacial score (nSPS) is 44.6. The van der Waals surface area contributed by atoms with E-state index in [1.54, 1.807) is 0 Å². The molecule has 0 aliphatic heterocycles. The molecule has 1 heteroatoms. The monoisotopic (exact) mass is 196 g/mol. The van der Waals surface area contributed by atoms with Gasteiger partial charge in [-0.15, -0.1) is 0 Å². The highest BCUT2D eigenvalue weighted by molar-refractivity contribution is 5.11. The zero-order chi connectivity index (χ0) is 10.4. The third-order valence-electron chi connectivity index (χ3n) is 5.24. The van der Waals surface area contributed by atoms with E-state index < -0.39 is 0 Å². The van der Waals surface area contributed by atoms with Gasteiger partial charge in [-0.3, -0.25) is 0 Å². The summed E-state index contributed by atoms with van der Waals surface area (Å²) in [7, 11) is 0. The minimum atomic E-state index is 0.451. The molecule has 2 aliphatic rings. The molecule has 0 aromatic carbocycles. The van der Waals surface area contributed by atoms with Crippen LogP contribution in [0.4, 0.5) is 0 Å². The summed E-state index contributed by atoms with van der Waals surface area (Å²) < 4.78 is 6.02. The largest absolute Gasteiger partial charge is 0.378 e. The predicted octanol–water partition coefficient (Wildman–Crippen LogP) is 3.63. The molecular formula is C13H24O. The van der Waals surface area contributed by atoms with E-state index in [-0.39, 0.29) is 0 Å². The van der Waals surface area contributed by atoms with Gasteiger partial charge in [-0.1, -0.05) is 27.7 Å². The summed E-state index contributed by atoms with van der Waals surface area (Å²) in [4.78, 5) is 0. The molecule has 0 spiro atoms. The Kier molecular flexibility index (Phi) is 2.42. The third kappa shape index (κ3) is 1.18. The van der Waals surface area contributed by atoms with E-state index in [1.807, 2.05) is 0 Å². The van der Waals surface area contributed by atoms with Gasteiger partial charge in [0.05, 0.1) is 6.10 Å². The van der Waals surface area contributed by atoms with Crippen LogP contribution in [0.2, 0.25) is 0 Å². The van der Waals surface area contributed by atoms with E-state index in [0.29, 0.717) is 16.9 Å². The lowest BCUT2D eigenvalue weighted by Gasteiger charge is -2.38. The molecule has 0 radical (unpaired) electrons. The molecule has 2 rings (SSSR count). The molecule has 0 unspecified atom stereocenters. The second-order valence-electron chi connectivity index (χ2n) is 5.97. The molecule has 0 N–H and O–H groups in total. The summed E-state index contributed by atoms with van der Waals surface area (Å²) in [5, 5.41) is 0. The highest BCUT2D eigenvalue weighted by Gasteiger charge is 2.61. The van der Waals surface area contributed by atoms with Crippen molar-refractivity contribution in [2.24, 2.45) is 16.7 Å². The molecular weight excluding hydrogens is 172 g/mol. The van der Waals surface area contributed by atoms with Crippen LogP contribution in [0.1, 0.15) is 53.4 Å². The maximum absolute atomic E-state index is 6.02. The zero-order valence-electron chi connectivity index (χ0n) is 10.1. The van der Waals surface area contributed by atoms with Gasteiger partial charge in [-0.2, -0.15) is 0 Å². The average molecular weight is 196 g/mol. The van der Waals surface area contributed by atoms with Gasteiger partial charge in [0.25, 0.3) is 0 Å². The Balaban J connectivity index is 2.11. The minimum absolute atomic E-state index is 0.451. The molecule has 2 fully saturated rings. The smallest absolute Gasteiger partial charge is 0.0636 e. The summed E-state index contributed by atoms with van der Waals surface area (Å²) in [6, 6.07) is 0. The van der Waals surface area contributed by atoms with Gasteiger partial charge in [0.2, 0.25) is 0 Å². The minimum Gasteiger partial charge on any atom is -0.378 e. The SMILES string of the molecule is CCCO[C@H]1C[C@H]2CC[C@@]1(C)C2(C)C. The molecule has 3 atom stereocenters. The van der Waals surface area contributed by atoms with Crippen molar-refractivity contribution in [3.8, 4) is 0 Å². The van der Waals surface area contributed by atoms with Crippen LogP contribution >= 0.6 is 0 Å². The van der Waals surface area contributed by atoms with Crippen LogP contribution in [-0.4, -0.2) is 12.7 Å². The Morgan fingerprint density at radius 3 is 2.43 bits per heavy atom. The van der Waals surface area contributed by atoms with Crippen molar-refractivity contribution in [3.63, 3.8) is 0 Å². The van der Waals surface area contributed by atoms with Crippen molar-refractivity contribution in [2.45, 2.75) is 59.5 Å². The number of fused-ring (bicyclic) bond motifs is 2. The molecule has 0 heterocycles. The number of hydrogen-bond acceptors (Lipinski definition) is 1. The fraction of sp³-hybridized carbons (Fsp3) is 1.00. The maximum atomic E-state index is 6.02. The summed E-state index contributed by atoms with van der Waals surface area (Å²) in [6.45, 7) is 10.5. The molecule has 0 amide bonds. The molecule has 14 heavy (non-hydrogen) atoms. The predicted molar refractivity (Wildman–Crippen MR) is 59.3 cm³/mol. The average Bonchev–Trinajstić information content (AvgIpc) is 2.46. The van der Waals surface area contributed by atoms with Gasteiger partial charge in [0.1, 0.15) is 0 Å². The summed E-state index contributed by atoms with van der Waals surface area (Å²) in [5.74, 6) is 0.911. The Labute approximate surface area is 88.2 Å². The fourth-order valence-electron chi connectivity index (χ4n) is 3.64. The Hall–Kier alpha value is -0.0400. The Morgan fingerprint density at radius 1 is 1.29 bits per heavy atom. The summed E-state index contributed by atoms with van der Waals surface area (Å²) in [5.41, 5.74) is 0.957. The molecule has 2 aliphatic carbocycles. The standard InChI is InChI=1S/C13H24O/c1-5-8-14-11-9-10-6-7-13(11,4)12(10,2)3/h10-11H,5-9H2,1-4H3/t10-,11+,13-/m1/s1. The summed E-state index contributed by atoms with van der Waals surface area (Å²) >= 11 is 0. The van der Waals surface area contributed by atoms with E-state index in [1.165, 1.54) is 19.3 Å². The second kappa shape index (κ2) is 3.23.